The second-order valence-electron chi connectivity index (χ2n) is 4.52. The predicted octanol–water partition coefficient (Wildman–Crippen LogP) is 2.91. The van der Waals surface area contributed by atoms with Gasteiger partial charge in [-0.05, 0) is 31.5 Å². The van der Waals surface area contributed by atoms with Gasteiger partial charge in [-0.3, -0.25) is 4.68 Å². The van der Waals surface area contributed by atoms with Gasteiger partial charge in [0.25, 0.3) is 0 Å². The fourth-order valence-electron chi connectivity index (χ4n) is 1.90. The summed E-state index contributed by atoms with van der Waals surface area (Å²) in [6.45, 7) is 4.16. The molecule has 0 spiro atoms. The van der Waals surface area contributed by atoms with Crippen LogP contribution in [0.1, 0.15) is 24.1 Å². The Morgan fingerprint density at radius 1 is 1.39 bits per heavy atom. The van der Waals surface area contributed by atoms with Crippen LogP contribution >= 0.6 is 0 Å². The maximum Gasteiger partial charge on any atom is 0.142 e. The summed E-state index contributed by atoms with van der Waals surface area (Å²) >= 11 is 0. The van der Waals surface area contributed by atoms with Crippen LogP contribution < -0.4 is 10.1 Å². The topological polar surface area (TPSA) is 39.1 Å². The Kier molecular flexibility index (Phi) is 3.55. The fraction of sp³-hybridized carbons (Fsp3) is 0.357. The molecular weight excluding hydrogens is 226 g/mol. The van der Waals surface area contributed by atoms with E-state index in [1.54, 1.807) is 11.8 Å². The van der Waals surface area contributed by atoms with Crippen molar-refractivity contribution in [3.63, 3.8) is 0 Å². The lowest BCUT2D eigenvalue weighted by Crippen LogP contribution is -2.07. The Morgan fingerprint density at radius 2 is 2.17 bits per heavy atom. The summed E-state index contributed by atoms with van der Waals surface area (Å²) < 4.78 is 7.19. The average Bonchev–Trinajstić information content (AvgIpc) is 2.78. The van der Waals surface area contributed by atoms with E-state index in [1.165, 1.54) is 5.56 Å². The van der Waals surface area contributed by atoms with Crippen LogP contribution in [0.2, 0.25) is 0 Å². The quantitative estimate of drug-likeness (QED) is 0.900. The molecule has 96 valence electrons. The molecule has 0 aliphatic carbocycles. The van der Waals surface area contributed by atoms with Crippen molar-refractivity contribution in [3.8, 4) is 5.75 Å². The molecule has 2 aromatic rings. The molecular formula is C14H19N3O. The first-order valence-corrected chi connectivity index (χ1v) is 6.00. The molecule has 18 heavy (non-hydrogen) atoms. The number of benzene rings is 1. The van der Waals surface area contributed by atoms with E-state index >= 15 is 0 Å². The molecule has 1 N–H and O–H groups in total. The minimum Gasteiger partial charge on any atom is -0.495 e. The molecule has 0 bridgehead atoms. The number of aromatic nitrogens is 2. The molecule has 1 heterocycles. The number of hydrogen-bond donors (Lipinski definition) is 1. The van der Waals surface area contributed by atoms with Crippen LogP contribution in [0, 0.1) is 6.92 Å². The molecule has 4 nitrogen and oxygen atoms in total. The molecule has 1 atom stereocenters. The van der Waals surface area contributed by atoms with Gasteiger partial charge >= 0.3 is 0 Å². The summed E-state index contributed by atoms with van der Waals surface area (Å²) in [5.74, 6) is 0.866. The second kappa shape index (κ2) is 5.12. The molecule has 0 saturated heterocycles. The van der Waals surface area contributed by atoms with Crippen LogP contribution in [0.15, 0.2) is 30.6 Å². The molecule has 0 amide bonds. The molecule has 1 unspecified atom stereocenters. The van der Waals surface area contributed by atoms with Crippen molar-refractivity contribution in [3.05, 3.63) is 41.7 Å². The summed E-state index contributed by atoms with van der Waals surface area (Å²) in [7, 11) is 3.61. The molecule has 2 rings (SSSR count). The van der Waals surface area contributed by atoms with Gasteiger partial charge in [-0.25, -0.2) is 0 Å². The van der Waals surface area contributed by atoms with E-state index in [9.17, 15) is 0 Å². The standard InChI is InChI=1S/C14H19N3O/c1-10-5-6-13(14(7-10)18-4)16-11(2)12-8-15-17(3)9-12/h5-9,11,16H,1-4H3. The van der Waals surface area contributed by atoms with Gasteiger partial charge < -0.3 is 10.1 Å². The first-order chi connectivity index (χ1) is 8.60. The third kappa shape index (κ3) is 2.64. The van der Waals surface area contributed by atoms with Crippen molar-refractivity contribution < 1.29 is 4.74 Å². The third-order valence-electron chi connectivity index (χ3n) is 2.95. The highest BCUT2D eigenvalue weighted by Gasteiger charge is 2.10. The Balaban J connectivity index is 2.18. The van der Waals surface area contributed by atoms with Crippen LogP contribution in [-0.4, -0.2) is 16.9 Å². The zero-order chi connectivity index (χ0) is 13.1. The number of hydrogen-bond acceptors (Lipinski definition) is 3. The molecule has 0 radical (unpaired) electrons. The van der Waals surface area contributed by atoms with E-state index in [4.69, 9.17) is 4.74 Å². The maximum absolute atomic E-state index is 5.38. The Labute approximate surface area is 108 Å². The summed E-state index contributed by atoms with van der Waals surface area (Å²) in [5, 5.41) is 7.62. The van der Waals surface area contributed by atoms with Gasteiger partial charge in [0.15, 0.2) is 0 Å². The summed E-state index contributed by atoms with van der Waals surface area (Å²) in [5.41, 5.74) is 3.34. The number of nitrogens with zero attached hydrogens (tertiary/aromatic N) is 2. The minimum atomic E-state index is 0.190. The van der Waals surface area contributed by atoms with Crippen LogP contribution in [-0.2, 0) is 7.05 Å². The summed E-state index contributed by atoms with van der Waals surface area (Å²) in [6, 6.07) is 6.33. The van der Waals surface area contributed by atoms with E-state index in [1.807, 2.05) is 31.6 Å². The first-order valence-electron chi connectivity index (χ1n) is 6.00. The lowest BCUT2D eigenvalue weighted by Gasteiger charge is -2.16. The Hall–Kier alpha value is -1.97. The van der Waals surface area contributed by atoms with Crippen molar-refractivity contribution in [1.82, 2.24) is 9.78 Å². The molecule has 1 aromatic carbocycles. The van der Waals surface area contributed by atoms with Gasteiger partial charge in [-0.2, -0.15) is 5.10 Å². The molecule has 0 saturated carbocycles. The fourth-order valence-corrected chi connectivity index (χ4v) is 1.90. The lowest BCUT2D eigenvalue weighted by molar-refractivity contribution is 0.416. The van der Waals surface area contributed by atoms with Crippen molar-refractivity contribution >= 4 is 5.69 Å². The number of methoxy groups -OCH3 is 1. The number of aryl methyl sites for hydroxylation is 2. The van der Waals surface area contributed by atoms with Crippen molar-refractivity contribution in [2.45, 2.75) is 19.9 Å². The largest absolute Gasteiger partial charge is 0.495 e. The van der Waals surface area contributed by atoms with Gasteiger partial charge in [0, 0.05) is 18.8 Å². The van der Waals surface area contributed by atoms with Gasteiger partial charge in [-0.1, -0.05) is 6.07 Å². The maximum atomic E-state index is 5.38. The summed E-state index contributed by atoms with van der Waals surface area (Å²) in [4.78, 5) is 0. The van der Waals surface area contributed by atoms with Gasteiger partial charge in [0.1, 0.15) is 5.75 Å². The number of ether oxygens (including phenoxy) is 1. The van der Waals surface area contributed by atoms with Crippen molar-refractivity contribution in [1.29, 1.82) is 0 Å². The molecule has 1 aromatic heterocycles. The van der Waals surface area contributed by atoms with Gasteiger partial charge in [0.2, 0.25) is 0 Å². The van der Waals surface area contributed by atoms with E-state index in [0.29, 0.717) is 0 Å². The normalized spacial score (nSPS) is 12.2. The third-order valence-corrected chi connectivity index (χ3v) is 2.95. The first kappa shape index (κ1) is 12.5. The Morgan fingerprint density at radius 3 is 2.78 bits per heavy atom. The van der Waals surface area contributed by atoms with Crippen LogP contribution in [0.3, 0.4) is 0 Å². The van der Waals surface area contributed by atoms with E-state index in [2.05, 4.69) is 30.3 Å². The second-order valence-corrected chi connectivity index (χ2v) is 4.52. The average molecular weight is 245 g/mol. The van der Waals surface area contributed by atoms with Crippen LogP contribution in [0.5, 0.6) is 5.75 Å². The molecule has 4 heteroatoms. The van der Waals surface area contributed by atoms with Gasteiger partial charge in [-0.15, -0.1) is 0 Å². The van der Waals surface area contributed by atoms with Crippen LogP contribution in [0.25, 0.3) is 0 Å². The summed E-state index contributed by atoms with van der Waals surface area (Å²) in [6.07, 6.45) is 3.89. The number of anilines is 1. The van der Waals surface area contributed by atoms with Crippen molar-refractivity contribution in [2.24, 2.45) is 7.05 Å². The zero-order valence-electron chi connectivity index (χ0n) is 11.3. The molecule has 0 fully saturated rings. The van der Waals surface area contributed by atoms with E-state index in [0.717, 1.165) is 17.0 Å². The highest BCUT2D eigenvalue weighted by Crippen LogP contribution is 2.28. The number of nitrogens with one attached hydrogen (secondary N) is 1. The smallest absolute Gasteiger partial charge is 0.142 e. The number of rotatable bonds is 4. The predicted molar refractivity (Wildman–Crippen MR) is 73.0 cm³/mol. The van der Waals surface area contributed by atoms with Gasteiger partial charge in [0.05, 0.1) is 25.0 Å². The van der Waals surface area contributed by atoms with Crippen LogP contribution in [0.4, 0.5) is 5.69 Å². The lowest BCUT2D eigenvalue weighted by atomic mass is 10.1. The molecule has 0 aliphatic heterocycles. The van der Waals surface area contributed by atoms with E-state index in [-0.39, 0.29) is 6.04 Å². The monoisotopic (exact) mass is 245 g/mol. The zero-order valence-corrected chi connectivity index (χ0v) is 11.3. The highest BCUT2D eigenvalue weighted by molar-refractivity contribution is 5.58. The molecule has 0 aliphatic rings. The van der Waals surface area contributed by atoms with Crippen molar-refractivity contribution in [2.75, 3.05) is 12.4 Å². The minimum absolute atomic E-state index is 0.190. The highest BCUT2D eigenvalue weighted by atomic mass is 16.5. The Bertz CT molecular complexity index is 534. The SMILES string of the molecule is COc1cc(C)ccc1NC(C)c1cnn(C)c1. The van der Waals surface area contributed by atoms with E-state index < -0.39 is 0 Å².